The summed E-state index contributed by atoms with van der Waals surface area (Å²) in [4.78, 5) is 0. The van der Waals surface area contributed by atoms with E-state index in [0.717, 1.165) is 29.0 Å². The molecule has 0 radical (unpaired) electrons. The van der Waals surface area contributed by atoms with Crippen LogP contribution in [0, 0.1) is 0 Å². The Morgan fingerprint density at radius 3 is 2.41 bits per heavy atom. The van der Waals surface area contributed by atoms with Gasteiger partial charge < -0.3 is 19.9 Å². The second-order valence-corrected chi connectivity index (χ2v) is 4.35. The molecular formula is C13H19NO3. The van der Waals surface area contributed by atoms with Crippen LogP contribution in [0.25, 0.3) is 0 Å². The number of ether oxygens (including phenoxy) is 3. The van der Waals surface area contributed by atoms with Crippen LogP contribution in [0.4, 0.5) is 0 Å². The molecule has 17 heavy (non-hydrogen) atoms. The molecular weight excluding hydrogens is 218 g/mol. The molecule has 2 N–H and O–H groups in total. The normalized spacial score (nSPS) is 15.7. The SMILES string of the molecule is COCc1ccc(CC(C)N)c2c1OCCO2. The van der Waals surface area contributed by atoms with Crippen LogP contribution in [-0.4, -0.2) is 26.4 Å². The predicted molar refractivity (Wildman–Crippen MR) is 65.5 cm³/mol. The van der Waals surface area contributed by atoms with Crippen LogP contribution in [0.2, 0.25) is 0 Å². The summed E-state index contributed by atoms with van der Waals surface area (Å²) in [6.45, 7) is 3.70. The Hall–Kier alpha value is -1.26. The highest BCUT2D eigenvalue weighted by Crippen LogP contribution is 2.38. The number of fused-ring (bicyclic) bond motifs is 1. The molecule has 0 fully saturated rings. The molecule has 4 nitrogen and oxygen atoms in total. The molecule has 1 aromatic rings. The largest absolute Gasteiger partial charge is 0.486 e. The minimum Gasteiger partial charge on any atom is -0.486 e. The van der Waals surface area contributed by atoms with Gasteiger partial charge in [0.2, 0.25) is 0 Å². The van der Waals surface area contributed by atoms with E-state index in [2.05, 4.69) is 0 Å². The van der Waals surface area contributed by atoms with Gasteiger partial charge in [-0.15, -0.1) is 0 Å². The molecule has 1 aliphatic heterocycles. The maximum atomic E-state index is 5.83. The summed E-state index contributed by atoms with van der Waals surface area (Å²) in [5.41, 5.74) is 7.96. The molecule has 2 rings (SSSR count). The van der Waals surface area contributed by atoms with Crippen LogP contribution in [0.3, 0.4) is 0 Å². The molecule has 0 bridgehead atoms. The highest BCUT2D eigenvalue weighted by atomic mass is 16.6. The average molecular weight is 237 g/mol. The van der Waals surface area contributed by atoms with Crippen LogP contribution in [0.1, 0.15) is 18.1 Å². The van der Waals surface area contributed by atoms with Crippen molar-refractivity contribution in [2.24, 2.45) is 5.73 Å². The van der Waals surface area contributed by atoms with Crippen molar-refractivity contribution < 1.29 is 14.2 Å². The molecule has 0 saturated heterocycles. The first-order chi connectivity index (χ1) is 8.22. The summed E-state index contributed by atoms with van der Waals surface area (Å²) < 4.78 is 16.5. The van der Waals surface area contributed by atoms with Crippen LogP contribution in [0.5, 0.6) is 11.5 Å². The number of hydrogen-bond donors (Lipinski definition) is 1. The summed E-state index contributed by atoms with van der Waals surface area (Å²) in [6.07, 6.45) is 0.791. The lowest BCUT2D eigenvalue weighted by atomic mass is 10.0. The van der Waals surface area contributed by atoms with Gasteiger partial charge >= 0.3 is 0 Å². The fourth-order valence-electron chi connectivity index (χ4n) is 2.02. The van der Waals surface area contributed by atoms with Gasteiger partial charge in [-0.2, -0.15) is 0 Å². The van der Waals surface area contributed by atoms with Crippen LogP contribution in [-0.2, 0) is 17.8 Å². The lowest BCUT2D eigenvalue weighted by Gasteiger charge is -2.24. The zero-order valence-electron chi connectivity index (χ0n) is 10.4. The van der Waals surface area contributed by atoms with E-state index in [4.69, 9.17) is 19.9 Å². The van der Waals surface area contributed by atoms with Gasteiger partial charge in [-0.05, 0) is 18.9 Å². The van der Waals surface area contributed by atoms with Crippen LogP contribution < -0.4 is 15.2 Å². The number of benzene rings is 1. The average Bonchev–Trinajstić information content (AvgIpc) is 2.32. The van der Waals surface area contributed by atoms with E-state index in [1.807, 2.05) is 19.1 Å². The van der Waals surface area contributed by atoms with Crippen LogP contribution >= 0.6 is 0 Å². The monoisotopic (exact) mass is 237 g/mol. The zero-order chi connectivity index (χ0) is 12.3. The second kappa shape index (κ2) is 5.38. The van der Waals surface area contributed by atoms with Gasteiger partial charge in [0.15, 0.2) is 11.5 Å². The molecule has 0 spiro atoms. The minimum atomic E-state index is 0.109. The van der Waals surface area contributed by atoms with Gasteiger partial charge in [0.05, 0.1) is 6.61 Å². The van der Waals surface area contributed by atoms with Gasteiger partial charge in [-0.1, -0.05) is 12.1 Å². The van der Waals surface area contributed by atoms with Gasteiger partial charge in [0.25, 0.3) is 0 Å². The second-order valence-electron chi connectivity index (χ2n) is 4.35. The molecule has 1 atom stereocenters. The highest BCUT2D eigenvalue weighted by molar-refractivity contribution is 5.52. The molecule has 1 heterocycles. The Morgan fingerprint density at radius 1 is 1.24 bits per heavy atom. The summed E-state index contributed by atoms with van der Waals surface area (Å²) in [5, 5.41) is 0. The van der Waals surface area contributed by atoms with E-state index in [1.54, 1.807) is 7.11 Å². The lowest BCUT2D eigenvalue weighted by molar-refractivity contribution is 0.152. The standard InChI is InChI=1S/C13H19NO3/c1-9(14)7-10-3-4-11(8-15-2)13-12(10)16-5-6-17-13/h3-4,9H,5-8,14H2,1-2H3. The summed E-state index contributed by atoms with van der Waals surface area (Å²) in [6, 6.07) is 4.18. The van der Waals surface area contributed by atoms with Gasteiger partial charge in [-0.3, -0.25) is 0 Å². The van der Waals surface area contributed by atoms with Gasteiger partial charge in [0, 0.05) is 18.7 Å². The fraction of sp³-hybridized carbons (Fsp3) is 0.538. The maximum Gasteiger partial charge on any atom is 0.167 e. The molecule has 4 heteroatoms. The minimum absolute atomic E-state index is 0.109. The third-order valence-electron chi connectivity index (χ3n) is 2.69. The fourth-order valence-corrected chi connectivity index (χ4v) is 2.02. The van der Waals surface area contributed by atoms with E-state index in [-0.39, 0.29) is 6.04 Å². The summed E-state index contributed by atoms with van der Waals surface area (Å²) in [5.74, 6) is 1.65. The van der Waals surface area contributed by atoms with E-state index >= 15 is 0 Å². The van der Waals surface area contributed by atoms with E-state index in [0.29, 0.717) is 19.8 Å². The third-order valence-corrected chi connectivity index (χ3v) is 2.69. The van der Waals surface area contributed by atoms with Crippen molar-refractivity contribution in [3.63, 3.8) is 0 Å². The van der Waals surface area contributed by atoms with Crippen molar-refractivity contribution in [2.45, 2.75) is 26.0 Å². The van der Waals surface area contributed by atoms with Crippen molar-refractivity contribution >= 4 is 0 Å². The Labute approximate surface area is 102 Å². The quantitative estimate of drug-likeness (QED) is 0.862. The van der Waals surface area contributed by atoms with E-state index in [1.165, 1.54) is 0 Å². The summed E-state index contributed by atoms with van der Waals surface area (Å²) >= 11 is 0. The number of hydrogen-bond acceptors (Lipinski definition) is 4. The van der Waals surface area contributed by atoms with Crippen molar-refractivity contribution in [1.82, 2.24) is 0 Å². The first kappa shape index (κ1) is 12.2. The van der Waals surface area contributed by atoms with Gasteiger partial charge in [0.1, 0.15) is 13.2 Å². The topological polar surface area (TPSA) is 53.7 Å². The van der Waals surface area contributed by atoms with Crippen molar-refractivity contribution in [1.29, 1.82) is 0 Å². The smallest absolute Gasteiger partial charge is 0.167 e. The first-order valence-electron chi connectivity index (χ1n) is 5.87. The maximum absolute atomic E-state index is 5.83. The van der Waals surface area contributed by atoms with Gasteiger partial charge in [-0.25, -0.2) is 0 Å². The number of nitrogens with two attached hydrogens (primary N) is 1. The zero-order valence-corrected chi connectivity index (χ0v) is 10.4. The lowest BCUT2D eigenvalue weighted by Crippen LogP contribution is -2.22. The first-order valence-corrected chi connectivity index (χ1v) is 5.87. The van der Waals surface area contributed by atoms with Crippen molar-refractivity contribution in [3.05, 3.63) is 23.3 Å². The Balaban J connectivity index is 2.36. The highest BCUT2D eigenvalue weighted by Gasteiger charge is 2.20. The molecule has 0 aromatic heterocycles. The van der Waals surface area contributed by atoms with E-state index in [9.17, 15) is 0 Å². The third kappa shape index (κ3) is 2.70. The number of rotatable bonds is 4. The van der Waals surface area contributed by atoms with Crippen molar-refractivity contribution in [2.75, 3.05) is 20.3 Å². The molecule has 94 valence electrons. The molecule has 0 amide bonds. The predicted octanol–water partition coefficient (Wildman–Crippen LogP) is 1.49. The molecule has 1 aromatic carbocycles. The van der Waals surface area contributed by atoms with Crippen molar-refractivity contribution in [3.8, 4) is 11.5 Å². The van der Waals surface area contributed by atoms with Crippen LogP contribution in [0.15, 0.2) is 12.1 Å². The Bertz CT molecular complexity index is 390. The number of methoxy groups -OCH3 is 1. The molecule has 1 aliphatic rings. The molecule has 1 unspecified atom stereocenters. The Kier molecular flexibility index (Phi) is 3.86. The van der Waals surface area contributed by atoms with E-state index < -0.39 is 0 Å². The molecule has 0 aliphatic carbocycles. The summed E-state index contributed by atoms with van der Waals surface area (Å²) in [7, 11) is 1.67. The Morgan fingerprint density at radius 2 is 1.82 bits per heavy atom. The molecule has 0 saturated carbocycles.